The van der Waals surface area contributed by atoms with Gasteiger partial charge in [-0.15, -0.1) is 11.3 Å². The van der Waals surface area contributed by atoms with Crippen molar-refractivity contribution in [3.8, 4) is 0 Å². The van der Waals surface area contributed by atoms with Gasteiger partial charge in [-0.3, -0.25) is 4.79 Å². The van der Waals surface area contributed by atoms with Crippen molar-refractivity contribution in [2.45, 2.75) is 18.9 Å². The number of carboxylic acid groups (broad SMARTS) is 1. The lowest BCUT2D eigenvalue weighted by molar-refractivity contribution is -0.141. The van der Waals surface area contributed by atoms with E-state index in [2.05, 4.69) is 4.98 Å². The van der Waals surface area contributed by atoms with Crippen LogP contribution in [0.1, 0.15) is 23.2 Å². The van der Waals surface area contributed by atoms with Crippen molar-refractivity contribution in [3.63, 3.8) is 0 Å². The number of nitrogens with zero attached hydrogens (tertiary/aromatic N) is 2. The number of fused-ring (bicyclic) bond motifs is 1. The zero-order chi connectivity index (χ0) is 13.4. The van der Waals surface area contributed by atoms with Gasteiger partial charge in [-0.25, -0.2) is 9.78 Å². The molecular weight excluding hydrogens is 264 g/mol. The molecule has 1 N–H and O–H groups in total. The first kappa shape index (κ1) is 12.1. The molecule has 5 nitrogen and oxygen atoms in total. The molecule has 2 aromatic rings. The van der Waals surface area contributed by atoms with E-state index in [1.807, 2.05) is 0 Å². The summed E-state index contributed by atoms with van der Waals surface area (Å²) in [5, 5.41) is 9.12. The third-order valence-corrected chi connectivity index (χ3v) is 4.17. The molecule has 1 aromatic heterocycles. The number of rotatable bonds is 2. The Morgan fingerprint density at radius 1 is 1.42 bits per heavy atom. The number of thiazole rings is 1. The lowest BCUT2D eigenvalue weighted by Gasteiger charge is -2.21. The van der Waals surface area contributed by atoms with Crippen LogP contribution < -0.4 is 0 Å². The highest BCUT2D eigenvalue weighted by molar-refractivity contribution is 7.16. The fraction of sp³-hybridized carbons (Fsp3) is 0.308. The van der Waals surface area contributed by atoms with Gasteiger partial charge >= 0.3 is 5.97 Å². The first-order valence-electron chi connectivity index (χ1n) is 6.04. The summed E-state index contributed by atoms with van der Waals surface area (Å²) in [4.78, 5) is 29.1. The van der Waals surface area contributed by atoms with Crippen LogP contribution in [0.5, 0.6) is 0 Å². The highest BCUT2D eigenvalue weighted by Crippen LogP contribution is 2.23. The second-order valence-corrected chi connectivity index (χ2v) is 5.42. The van der Waals surface area contributed by atoms with Crippen molar-refractivity contribution in [3.05, 3.63) is 29.3 Å². The minimum atomic E-state index is -0.926. The van der Waals surface area contributed by atoms with Gasteiger partial charge < -0.3 is 10.0 Å². The molecule has 0 saturated carbocycles. The predicted molar refractivity (Wildman–Crippen MR) is 71.3 cm³/mol. The molecule has 3 rings (SSSR count). The number of hydrogen-bond donors (Lipinski definition) is 1. The molecule has 0 aliphatic carbocycles. The van der Waals surface area contributed by atoms with Crippen LogP contribution in [0.3, 0.4) is 0 Å². The number of benzene rings is 1. The highest BCUT2D eigenvalue weighted by Gasteiger charge is 2.34. The molecule has 0 radical (unpaired) electrons. The standard InChI is InChI=1S/C13H12N2O3S/c16-12(15-5-1-2-10(15)13(17)18)8-3-4-9-11(6-8)19-7-14-9/h3-4,6-7,10H,1-2,5H2,(H,17,18)/t10-/m0/s1. The normalized spacial score (nSPS) is 18.9. The summed E-state index contributed by atoms with van der Waals surface area (Å²) in [6.07, 6.45) is 1.27. The van der Waals surface area contributed by atoms with Gasteiger partial charge in [0.25, 0.3) is 5.91 Å². The highest BCUT2D eigenvalue weighted by atomic mass is 32.1. The molecule has 1 aliphatic heterocycles. The average Bonchev–Trinajstić information content (AvgIpc) is 3.05. The SMILES string of the molecule is O=C(O)[C@@H]1CCCN1C(=O)c1ccc2ncsc2c1. The second kappa shape index (κ2) is 4.62. The first-order valence-corrected chi connectivity index (χ1v) is 6.92. The summed E-state index contributed by atoms with van der Waals surface area (Å²) in [5.41, 5.74) is 3.12. The first-order chi connectivity index (χ1) is 9.16. The summed E-state index contributed by atoms with van der Waals surface area (Å²) in [6, 6.07) is 4.60. The Balaban J connectivity index is 1.92. The van der Waals surface area contributed by atoms with Crippen LogP contribution in [0.25, 0.3) is 10.2 Å². The van der Waals surface area contributed by atoms with Crippen molar-refractivity contribution in [2.75, 3.05) is 6.54 Å². The van der Waals surface area contributed by atoms with Crippen molar-refractivity contribution in [1.82, 2.24) is 9.88 Å². The number of carbonyl (C=O) groups excluding carboxylic acids is 1. The Hall–Kier alpha value is -1.95. The Morgan fingerprint density at radius 3 is 3.05 bits per heavy atom. The van der Waals surface area contributed by atoms with E-state index in [4.69, 9.17) is 5.11 Å². The molecule has 1 aliphatic rings. The molecule has 98 valence electrons. The van der Waals surface area contributed by atoms with Crippen LogP contribution in [0, 0.1) is 0 Å². The van der Waals surface area contributed by atoms with Gasteiger partial charge in [0.1, 0.15) is 6.04 Å². The maximum atomic E-state index is 12.4. The third kappa shape index (κ3) is 2.08. The van der Waals surface area contributed by atoms with Crippen LogP contribution in [-0.2, 0) is 4.79 Å². The van der Waals surface area contributed by atoms with Crippen molar-refractivity contribution in [2.24, 2.45) is 0 Å². The second-order valence-electron chi connectivity index (χ2n) is 4.53. The fourth-order valence-corrected chi connectivity index (χ4v) is 3.14. The van der Waals surface area contributed by atoms with Crippen LogP contribution in [0.15, 0.2) is 23.7 Å². The smallest absolute Gasteiger partial charge is 0.326 e. The number of aromatic nitrogens is 1. The van der Waals surface area contributed by atoms with Gasteiger partial charge in [0.15, 0.2) is 0 Å². The molecule has 1 atom stereocenters. The van der Waals surface area contributed by atoms with E-state index in [1.165, 1.54) is 16.2 Å². The summed E-state index contributed by atoms with van der Waals surface area (Å²) < 4.78 is 0.942. The van der Waals surface area contributed by atoms with Gasteiger partial charge in [-0.2, -0.15) is 0 Å². The fourth-order valence-electron chi connectivity index (χ4n) is 2.42. The molecular formula is C13H12N2O3S. The molecule has 1 saturated heterocycles. The lowest BCUT2D eigenvalue weighted by Crippen LogP contribution is -2.40. The zero-order valence-electron chi connectivity index (χ0n) is 10.1. The molecule has 0 spiro atoms. The molecule has 1 amide bonds. The van der Waals surface area contributed by atoms with E-state index in [0.29, 0.717) is 18.5 Å². The van der Waals surface area contributed by atoms with Gasteiger partial charge in [0.05, 0.1) is 15.7 Å². The number of hydrogen-bond acceptors (Lipinski definition) is 4. The summed E-state index contributed by atoms with van der Waals surface area (Å²) in [6.45, 7) is 0.510. The maximum absolute atomic E-state index is 12.4. The van der Waals surface area contributed by atoms with Crippen LogP contribution in [0.4, 0.5) is 0 Å². The molecule has 6 heteroatoms. The van der Waals surface area contributed by atoms with E-state index >= 15 is 0 Å². The Labute approximate surface area is 113 Å². The summed E-state index contributed by atoms with van der Waals surface area (Å²) in [5.74, 6) is -1.13. The monoisotopic (exact) mass is 276 g/mol. The number of amides is 1. The summed E-state index contributed by atoms with van der Waals surface area (Å²) in [7, 11) is 0. The van der Waals surface area contributed by atoms with E-state index in [0.717, 1.165) is 16.6 Å². The number of carboxylic acids is 1. The van der Waals surface area contributed by atoms with E-state index in [9.17, 15) is 9.59 Å². The topological polar surface area (TPSA) is 70.5 Å². The largest absolute Gasteiger partial charge is 0.480 e. The molecule has 2 heterocycles. The number of likely N-dealkylation sites (tertiary alicyclic amines) is 1. The molecule has 0 unspecified atom stereocenters. The maximum Gasteiger partial charge on any atom is 0.326 e. The minimum absolute atomic E-state index is 0.208. The van der Waals surface area contributed by atoms with Crippen LogP contribution in [-0.4, -0.2) is 39.5 Å². The Bertz CT molecular complexity index is 652. The van der Waals surface area contributed by atoms with Crippen molar-refractivity contribution >= 4 is 33.4 Å². The predicted octanol–water partition coefficient (Wildman–Crippen LogP) is 1.99. The molecule has 19 heavy (non-hydrogen) atoms. The van der Waals surface area contributed by atoms with E-state index in [1.54, 1.807) is 23.7 Å². The van der Waals surface area contributed by atoms with E-state index in [-0.39, 0.29) is 5.91 Å². The Morgan fingerprint density at radius 2 is 2.26 bits per heavy atom. The molecule has 1 aromatic carbocycles. The molecule has 1 fully saturated rings. The van der Waals surface area contributed by atoms with Gasteiger partial charge in [0, 0.05) is 12.1 Å². The average molecular weight is 276 g/mol. The van der Waals surface area contributed by atoms with Crippen molar-refractivity contribution in [1.29, 1.82) is 0 Å². The van der Waals surface area contributed by atoms with Crippen LogP contribution >= 0.6 is 11.3 Å². The lowest BCUT2D eigenvalue weighted by atomic mass is 10.1. The summed E-state index contributed by atoms with van der Waals surface area (Å²) >= 11 is 1.47. The Kier molecular flexibility index (Phi) is 2.94. The van der Waals surface area contributed by atoms with Crippen molar-refractivity contribution < 1.29 is 14.7 Å². The third-order valence-electron chi connectivity index (χ3n) is 3.38. The quantitative estimate of drug-likeness (QED) is 0.910. The zero-order valence-corrected chi connectivity index (χ0v) is 10.9. The van der Waals surface area contributed by atoms with E-state index < -0.39 is 12.0 Å². The van der Waals surface area contributed by atoms with Crippen LogP contribution in [0.2, 0.25) is 0 Å². The van der Waals surface area contributed by atoms with Gasteiger partial charge in [-0.05, 0) is 31.0 Å². The number of carbonyl (C=O) groups is 2. The molecule has 0 bridgehead atoms. The van der Waals surface area contributed by atoms with Gasteiger partial charge in [-0.1, -0.05) is 0 Å². The van der Waals surface area contributed by atoms with Gasteiger partial charge in [0.2, 0.25) is 0 Å². The minimum Gasteiger partial charge on any atom is -0.480 e. The number of aliphatic carboxylic acids is 1.